The molecule has 1 unspecified atom stereocenters. The molecule has 3 aromatic rings. The fraction of sp³-hybridized carbons (Fsp3) is 0.211. The van der Waals surface area contributed by atoms with Crippen molar-refractivity contribution >= 4 is 23.2 Å². The molecule has 0 bridgehead atoms. The third-order valence-corrected chi connectivity index (χ3v) is 4.62. The van der Waals surface area contributed by atoms with Crippen LogP contribution in [0.5, 0.6) is 0 Å². The second-order valence-electron chi connectivity index (χ2n) is 6.20. The quantitative estimate of drug-likeness (QED) is 0.707. The highest BCUT2D eigenvalue weighted by Crippen LogP contribution is 2.32. The van der Waals surface area contributed by atoms with E-state index in [4.69, 9.17) is 16.1 Å². The van der Waals surface area contributed by atoms with Crippen LogP contribution < -0.4 is 4.90 Å². The summed E-state index contributed by atoms with van der Waals surface area (Å²) in [5, 5.41) is 4.71. The molecule has 0 spiro atoms. The van der Waals surface area contributed by atoms with Gasteiger partial charge in [0.05, 0.1) is 5.92 Å². The van der Waals surface area contributed by atoms with Gasteiger partial charge in [0, 0.05) is 29.2 Å². The van der Waals surface area contributed by atoms with Gasteiger partial charge in [-0.1, -0.05) is 46.6 Å². The van der Waals surface area contributed by atoms with Gasteiger partial charge < -0.3 is 9.42 Å². The van der Waals surface area contributed by atoms with Crippen LogP contribution in [0.15, 0.2) is 53.1 Å². The molecule has 1 aliphatic heterocycles. The maximum absolute atomic E-state index is 12.4. The molecule has 6 heteroatoms. The van der Waals surface area contributed by atoms with Gasteiger partial charge in [-0.2, -0.15) is 4.98 Å². The largest absolute Gasteiger partial charge is 0.339 e. The molecule has 5 nitrogen and oxygen atoms in total. The first-order valence-electron chi connectivity index (χ1n) is 8.07. The second kappa shape index (κ2) is 6.33. The summed E-state index contributed by atoms with van der Waals surface area (Å²) < 4.78 is 5.42. The number of carbonyl (C=O) groups excluding carboxylic acids is 1. The van der Waals surface area contributed by atoms with Gasteiger partial charge in [0.2, 0.25) is 17.6 Å². The molecule has 0 aliphatic carbocycles. The Morgan fingerprint density at radius 3 is 2.56 bits per heavy atom. The van der Waals surface area contributed by atoms with Gasteiger partial charge in [-0.25, -0.2) is 0 Å². The van der Waals surface area contributed by atoms with Crippen LogP contribution in [0, 0.1) is 6.92 Å². The second-order valence-corrected chi connectivity index (χ2v) is 6.64. The number of halogens is 1. The molecular weight excluding hydrogens is 338 g/mol. The third kappa shape index (κ3) is 3.15. The van der Waals surface area contributed by atoms with E-state index in [1.54, 1.807) is 17.0 Å². The van der Waals surface area contributed by atoms with Gasteiger partial charge in [0.1, 0.15) is 0 Å². The summed E-state index contributed by atoms with van der Waals surface area (Å²) in [7, 11) is 0. The molecule has 1 saturated heterocycles. The molecule has 2 aromatic carbocycles. The van der Waals surface area contributed by atoms with Crippen molar-refractivity contribution in [3.63, 3.8) is 0 Å². The number of rotatable bonds is 3. The first kappa shape index (κ1) is 15.8. The summed E-state index contributed by atoms with van der Waals surface area (Å²) in [4.78, 5) is 18.6. The zero-order valence-electron chi connectivity index (χ0n) is 13.6. The zero-order valence-corrected chi connectivity index (χ0v) is 14.4. The highest BCUT2D eigenvalue weighted by molar-refractivity contribution is 6.30. The molecule has 1 aliphatic rings. The Hall–Kier alpha value is -2.66. The van der Waals surface area contributed by atoms with Crippen molar-refractivity contribution in [2.24, 2.45) is 0 Å². The van der Waals surface area contributed by atoms with Crippen LogP contribution in [-0.2, 0) is 4.79 Å². The van der Waals surface area contributed by atoms with Crippen LogP contribution in [0.3, 0.4) is 0 Å². The van der Waals surface area contributed by atoms with E-state index in [9.17, 15) is 4.79 Å². The van der Waals surface area contributed by atoms with Gasteiger partial charge in [-0.05, 0) is 31.2 Å². The van der Waals surface area contributed by atoms with E-state index in [1.807, 2.05) is 43.3 Å². The highest BCUT2D eigenvalue weighted by atomic mass is 35.5. The van der Waals surface area contributed by atoms with E-state index in [2.05, 4.69) is 10.1 Å². The molecule has 2 heterocycles. The van der Waals surface area contributed by atoms with E-state index in [-0.39, 0.29) is 11.8 Å². The number of aryl methyl sites for hydroxylation is 1. The molecule has 1 aromatic heterocycles. The van der Waals surface area contributed by atoms with Crippen molar-refractivity contribution in [3.05, 3.63) is 65.0 Å². The fourth-order valence-electron chi connectivity index (χ4n) is 2.96. The number of benzene rings is 2. The summed E-state index contributed by atoms with van der Waals surface area (Å²) in [6, 6.07) is 15.2. The minimum absolute atomic E-state index is 0.0439. The molecule has 0 saturated carbocycles. The lowest BCUT2D eigenvalue weighted by Gasteiger charge is -2.15. The average Bonchev–Trinajstić information content (AvgIpc) is 3.23. The lowest BCUT2D eigenvalue weighted by atomic mass is 10.1. The maximum Gasteiger partial charge on any atom is 0.232 e. The Bertz CT molecular complexity index is 903. The maximum atomic E-state index is 12.4. The van der Waals surface area contributed by atoms with E-state index in [0.717, 1.165) is 11.3 Å². The third-order valence-electron chi connectivity index (χ3n) is 4.36. The number of nitrogens with zero attached hydrogens (tertiary/aromatic N) is 3. The number of hydrogen-bond donors (Lipinski definition) is 0. The first-order chi connectivity index (χ1) is 12.1. The molecule has 126 valence electrons. The summed E-state index contributed by atoms with van der Waals surface area (Å²) in [5.74, 6) is 0.991. The fourth-order valence-corrected chi connectivity index (χ4v) is 3.09. The van der Waals surface area contributed by atoms with Crippen molar-refractivity contribution in [1.82, 2.24) is 10.1 Å². The van der Waals surface area contributed by atoms with E-state index >= 15 is 0 Å². The number of aromatic nitrogens is 2. The summed E-state index contributed by atoms with van der Waals surface area (Å²) in [5.41, 5.74) is 2.90. The first-order valence-corrected chi connectivity index (χ1v) is 8.44. The Balaban J connectivity index is 1.54. The smallest absolute Gasteiger partial charge is 0.232 e. The number of hydrogen-bond acceptors (Lipinski definition) is 4. The Morgan fingerprint density at radius 1 is 1.12 bits per heavy atom. The Kier molecular flexibility index (Phi) is 4.01. The monoisotopic (exact) mass is 353 g/mol. The van der Waals surface area contributed by atoms with Crippen molar-refractivity contribution in [3.8, 4) is 11.4 Å². The number of amides is 1. The Labute approximate surface area is 150 Å². The van der Waals surface area contributed by atoms with Gasteiger partial charge in [0.15, 0.2) is 0 Å². The normalized spacial score (nSPS) is 17.3. The minimum Gasteiger partial charge on any atom is -0.339 e. The molecule has 4 rings (SSSR count). The summed E-state index contributed by atoms with van der Waals surface area (Å²) in [6.07, 6.45) is 0.359. The molecule has 1 amide bonds. The van der Waals surface area contributed by atoms with Crippen LogP contribution in [0.2, 0.25) is 5.02 Å². The van der Waals surface area contributed by atoms with Crippen molar-refractivity contribution < 1.29 is 9.32 Å². The molecule has 0 radical (unpaired) electrons. The summed E-state index contributed by atoms with van der Waals surface area (Å²) in [6.45, 7) is 2.55. The average molecular weight is 354 g/mol. The van der Waals surface area contributed by atoms with Crippen molar-refractivity contribution in [2.75, 3.05) is 11.4 Å². The molecule has 1 fully saturated rings. The molecular formula is C19H16ClN3O2. The highest BCUT2D eigenvalue weighted by Gasteiger charge is 2.35. The molecule has 0 N–H and O–H groups in total. The van der Waals surface area contributed by atoms with E-state index < -0.39 is 0 Å². The van der Waals surface area contributed by atoms with Gasteiger partial charge in [-0.15, -0.1) is 0 Å². The predicted molar refractivity (Wildman–Crippen MR) is 95.6 cm³/mol. The molecule has 1 atom stereocenters. The van der Waals surface area contributed by atoms with Gasteiger partial charge in [-0.3, -0.25) is 4.79 Å². The van der Waals surface area contributed by atoms with Crippen LogP contribution >= 0.6 is 11.6 Å². The van der Waals surface area contributed by atoms with Gasteiger partial charge in [0.25, 0.3) is 0 Å². The summed E-state index contributed by atoms with van der Waals surface area (Å²) >= 11 is 5.91. The van der Waals surface area contributed by atoms with Crippen molar-refractivity contribution in [1.29, 1.82) is 0 Å². The van der Waals surface area contributed by atoms with Crippen LogP contribution in [0.1, 0.15) is 23.8 Å². The zero-order chi connectivity index (χ0) is 17.4. The van der Waals surface area contributed by atoms with Crippen LogP contribution in [-0.4, -0.2) is 22.6 Å². The lowest BCUT2D eigenvalue weighted by Crippen LogP contribution is -2.24. The van der Waals surface area contributed by atoms with Crippen LogP contribution in [0.25, 0.3) is 11.4 Å². The predicted octanol–water partition coefficient (Wildman–Crippen LogP) is 4.22. The van der Waals surface area contributed by atoms with E-state index in [1.165, 1.54) is 5.56 Å². The van der Waals surface area contributed by atoms with E-state index in [0.29, 0.717) is 29.7 Å². The van der Waals surface area contributed by atoms with Gasteiger partial charge >= 0.3 is 0 Å². The minimum atomic E-state index is -0.102. The molecule has 25 heavy (non-hydrogen) atoms. The van der Waals surface area contributed by atoms with Crippen molar-refractivity contribution in [2.45, 2.75) is 19.3 Å². The van der Waals surface area contributed by atoms with Crippen LogP contribution in [0.4, 0.5) is 5.69 Å². The standard InChI is InChI=1S/C19H16ClN3O2/c1-12-2-4-13(5-3-12)18-21-19(25-22-18)14-10-17(24)23(11-14)16-8-6-15(20)7-9-16/h2-9,14H,10-11H2,1H3. The Morgan fingerprint density at radius 2 is 1.84 bits per heavy atom. The lowest BCUT2D eigenvalue weighted by molar-refractivity contribution is -0.117. The number of anilines is 1. The SMILES string of the molecule is Cc1ccc(-c2noc(C3CC(=O)N(c4ccc(Cl)cc4)C3)n2)cc1. The topological polar surface area (TPSA) is 59.2 Å². The number of carbonyl (C=O) groups is 1.